The number of hydrogen-bond acceptors (Lipinski definition) is 6. The van der Waals surface area contributed by atoms with Crippen molar-refractivity contribution in [3.8, 4) is 0 Å². The van der Waals surface area contributed by atoms with Gasteiger partial charge < -0.3 is 19.3 Å². The molecule has 0 aromatic heterocycles. The van der Waals surface area contributed by atoms with E-state index in [1.54, 1.807) is 0 Å². The van der Waals surface area contributed by atoms with E-state index in [4.69, 9.17) is 14.2 Å². The van der Waals surface area contributed by atoms with Gasteiger partial charge in [-0.15, -0.1) is 0 Å². The van der Waals surface area contributed by atoms with Crippen LogP contribution in [0.2, 0.25) is 0 Å². The van der Waals surface area contributed by atoms with Gasteiger partial charge in [-0.25, -0.2) is 4.79 Å². The monoisotopic (exact) mass is 551 g/mol. The van der Waals surface area contributed by atoms with Crippen LogP contribution in [0.15, 0.2) is 0 Å². The molecule has 7 nitrogen and oxygen atoms in total. The molecule has 0 aliphatic heterocycles. The molecule has 4 atom stereocenters. The maximum Gasteiger partial charge on any atom is 0.556 e. The minimum atomic E-state index is -3.07. The summed E-state index contributed by atoms with van der Waals surface area (Å²) in [5.41, 5.74) is 0. The Kier molecular flexibility index (Phi) is 19.4. The van der Waals surface area contributed by atoms with Crippen LogP contribution in [-0.4, -0.2) is 64.3 Å². The second-order valence-electron chi connectivity index (χ2n) is 10.1. The summed E-state index contributed by atoms with van der Waals surface area (Å²) in [5.74, 6) is 0.965. The number of unbranched alkanes of at least 4 members (excludes halogenated alkanes) is 5. The SMILES string of the molecule is CCCOC(COC(C)CCCCCCCCSCCC(CC)OC1CCCCC1)(C(=O)O)[P+](=O)O. The Hall–Kier alpha value is -0.240. The van der Waals surface area contributed by atoms with Crippen LogP contribution in [0.5, 0.6) is 0 Å². The van der Waals surface area contributed by atoms with Crippen molar-refractivity contribution in [3.05, 3.63) is 0 Å². The van der Waals surface area contributed by atoms with Gasteiger partial charge in [-0.3, -0.25) is 0 Å². The van der Waals surface area contributed by atoms with E-state index in [0.29, 0.717) is 18.6 Å². The standard InChI is InChI=1S/C27H51O7PS/c1-4-19-33-27(26(28)29,35(30)31)22-32-23(3)15-11-8-6-7-9-14-20-36-21-18-24(5-2)34-25-16-12-10-13-17-25/h23-25H,4-22H2,1-3H3,(H-,28,29,30,31)/p+1. The third-order valence-electron chi connectivity index (χ3n) is 6.88. The second kappa shape index (κ2) is 20.7. The van der Waals surface area contributed by atoms with Crippen molar-refractivity contribution in [1.29, 1.82) is 0 Å². The molecule has 9 heteroatoms. The summed E-state index contributed by atoms with van der Waals surface area (Å²) in [6.07, 6.45) is 18.0. The number of carbonyl (C=O) groups is 1. The lowest BCUT2D eigenvalue weighted by Gasteiger charge is -2.27. The van der Waals surface area contributed by atoms with Gasteiger partial charge >= 0.3 is 19.3 Å². The zero-order valence-electron chi connectivity index (χ0n) is 23.0. The number of thioether (sulfide) groups is 1. The molecule has 0 spiro atoms. The van der Waals surface area contributed by atoms with Crippen molar-refractivity contribution < 1.29 is 33.6 Å². The first kappa shape index (κ1) is 33.8. The highest BCUT2D eigenvalue weighted by molar-refractivity contribution is 7.99. The predicted molar refractivity (Wildman–Crippen MR) is 148 cm³/mol. The summed E-state index contributed by atoms with van der Waals surface area (Å²) < 4.78 is 28.9. The number of carboxylic acid groups (broad SMARTS) is 1. The first-order valence-corrected chi connectivity index (χ1v) is 16.6. The Balaban J connectivity index is 2.03. The molecule has 0 bridgehead atoms. The molecular weight excluding hydrogens is 499 g/mol. The number of rotatable bonds is 23. The summed E-state index contributed by atoms with van der Waals surface area (Å²) in [6, 6.07) is 0. The van der Waals surface area contributed by atoms with Crippen molar-refractivity contribution in [3.63, 3.8) is 0 Å². The maximum atomic E-state index is 11.7. The number of carboxylic acids is 1. The van der Waals surface area contributed by atoms with Gasteiger partial charge in [-0.1, -0.05) is 65.2 Å². The highest BCUT2D eigenvalue weighted by atomic mass is 32.2. The van der Waals surface area contributed by atoms with E-state index in [1.165, 1.54) is 75.7 Å². The van der Waals surface area contributed by atoms with E-state index in [1.807, 2.05) is 13.8 Å². The topological polar surface area (TPSA) is 102 Å². The van der Waals surface area contributed by atoms with E-state index >= 15 is 0 Å². The Morgan fingerprint density at radius 3 is 2.31 bits per heavy atom. The van der Waals surface area contributed by atoms with E-state index in [0.717, 1.165) is 25.7 Å². The lowest BCUT2D eigenvalue weighted by Crippen LogP contribution is -2.44. The minimum absolute atomic E-state index is 0.0955. The normalized spacial score (nSPS) is 18.5. The van der Waals surface area contributed by atoms with Crippen LogP contribution in [0, 0.1) is 0 Å². The fourth-order valence-corrected chi connectivity index (χ4v) is 6.06. The van der Waals surface area contributed by atoms with E-state index in [9.17, 15) is 19.4 Å². The average Bonchev–Trinajstić information content (AvgIpc) is 2.86. The second-order valence-corrected chi connectivity index (χ2v) is 12.6. The van der Waals surface area contributed by atoms with E-state index in [-0.39, 0.29) is 12.7 Å². The van der Waals surface area contributed by atoms with Crippen LogP contribution in [0.4, 0.5) is 0 Å². The lowest BCUT2D eigenvalue weighted by atomic mass is 9.97. The van der Waals surface area contributed by atoms with E-state index in [2.05, 4.69) is 18.7 Å². The van der Waals surface area contributed by atoms with Crippen molar-refractivity contribution in [1.82, 2.24) is 0 Å². The van der Waals surface area contributed by atoms with Gasteiger partial charge in [0.1, 0.15) is 6.61 Å². The molecule has 2 N–H and O–H groups in total. The van der Waals surface area contributed by atoms with Gasteiger partial charge in [0.25, 0.3) is 0 Å². The van der Waals surface area contributed by atoms with Crippen molar-refractivity contribution in [2.45, 2.75) is 141 Å². The van der Waals surface area contributed by atoms with Crippen molar-refractivity contribution in [2.24, 2.45) is 0 Å². The quantitative estimate of drug-likeness (QED) is 0.101. The first-order valence-electron chi connectivity index (χ1n) is 14.2. The molecule has 0 amide bonds. The molecule has 212 valence electrons. The van der Waals surface area contributed by atoms with Gasteiger partial charge in [0, 0.05) is 0 Å². The van der Waals surface area contributed by atoms with Gasteiger partial charge in [-0.2, -0.15) is 16.7 Å². The van der Waals surface area contributed by atoms with Crippen LogP contribution in [0.1, 0.15) is 117 Å². The van der Waals surface area contributed by atoms with E-state index < -0.39 is 25.9 Å². The van der Waals surface area contributed by atoms with Crippen LogP contribution in [0.25, 0.3) is 0 Å². The average molecular weight is 552 g/mol. The maximum absolute atomic E-state index is 11.7. The number of aliphatic carboxylic acids is 1. The summed E-state index contributed by atoms with van der Waals surface area (Å²) in [6.45, 7) is 5.61. The van der Waals surface area contributed by atoms with Gasteiger partial charge in [-0.05, 0) is 67.9 Å². The number of hydrogen-bond donors (Lipinski definition) is 2. The van der Waals surface area contributed by atoms with Crippen LogP contribution in [-0.2, 0) is 23.6 Å². The summed E-state index contributed by atoms with van der Waals surface area (Å²) in [4.78, 5) is 21.1. The summed E-state index contributed by atoms with van der Waals surface area (Å²) in [5, 5.41) is 7.26. The largest absolute Gasteiger partial charge is 0.556 e. The fraction of sp³-hybridized carbons (Fsp3) is 0.963. The van der Waals surface area contributed by atoms with Crippen LogP contribution >= 0.6 is 19.8 Å². The molecule has 1 fully saturated rings. The van der Waals surface area contributed by atoms with Gasteiger partial charge in [0.2, 0.25) is 0 Å². The Bertz CT molecular complexity index is 572. The predicted octanol–water partition coefficient (Wildman–Crippen LogP) is 7.32. The summed E-state index contributed by atoms with van der Waals surface area (Å²) >= 11 is 2.06. The zero-order chi connectivity index (χ0) is 26.7. The highest BCUT2D eigenvalue weighted by Crippen LogP contribution is 2.38. The Labute approximate surface area is 224 Å². The smallest absolute Gasteiger partial charge is 0.476 e. The van der Waals surface area contributed by atoms with Gasteiger partial charge in [0.15, 0.2) is 0 Å². The molecule has 1 aliphatic carbocycles. The lowest BCUT2D eigenvalue weighted by molar-refractivity contribution is -0.163. The molecule has 0 radical (unpaired) electrons. The third kappa shape index (κ3) is 14.1. The molecule has 1 saturated carbocycles. The molecule has 1 rings (SSSR count). The minimum Gasteiger partial charge on any atom is -0.476 e. The molecular formula is C27H52O7PS+. The van der Waals surface area contributed by atoms with Crippen LogP contribution < -0.4 is 0 Å². The summed E-state index contributed by atoms with van der Waals surface area (Å²) in [7, 11) is -3.07. The fourth-order valence-electron chi connectivity index (χ4n) is 4.47. The molecule has 0 saturated heterocycles. The third-order valence-corrected chi connectivity index (χ3v) is 9.05. The van der Waals surface area contributed by atoms with Crippen molar-refractivity contribution in [2.75, 3.05) is 24.7 Å². The highest BCUT2D eigenvalue weighted by Gasteiger charge is 2.59. The zero-order valence-corrected chi connectivity index (χ0v) is 24.7. The molecule has 0 heterocycles. The molecule has 0 aromatic carbocycles. The molecule has 36 heavy (non-hydrogen) atoms. The van der Waals surface area contributed by atoms with Crippen molar-refractivity contribution >= 4 is 25.8 Å². The first-order chi connectivity index (χ1) is 17.4. The van der Waals surface area contributed by atoms with Crippen LogP contribution in [0.3, 0.4) is 0 Å². The molecule has 1 aliphatic rings. The Morgan fingerprint density at radius 2 is 1.69 bits per heavy atom. The Morgan fingerprint density at radius 1 is 1.03 bits per heavy atom. The van der Waals surface area contributed by atoms with Gasteiger partial charge in [0.05, 0.1) is 24.9 Å². The number of ether oxygens (including phenoxy) is 3. The molecule has 0 aromatic rings. The molecule has 4 unspecified atom stereocenters.